The Hall–Kier alpha value is -3.80. The van der Waals surface area contributed by atoms with E-state index in [1.54, 1.807) is 33.8 Å². The Bertz CT molecular complexity index is 1600. The Balaban J connectivity index is 2.21. The standard InChI is InChI=1S/C34H46FN5O6SSi/c1-22-33(5,25-16-24(20-38-28(25)43-7)17-26(35)27-13-12-23(18-36)19-37-27)39-30(47-34(22,6)29(41)44-8)40(31(42)46-32(2,3)4)21-45-14-15-48(9,10)11/h12-13,16-17,19-20,22H,14-15,21H2,1-11H3/b26-17-/t22-,33-,34-/m0/s1. The Labute approximate surface area is 287 Å². The normalized spacial score (nSPS) is 21.5. The van der Waals surface area contributed by atoms with Crippen molar-refractivity contribution in [2.45, 2.75) is 83.1 Å². The molecule has 0 saturated carbocycles. The van der Waals surface area contributed by atoms with Crippen LogP contribution < -0.4 is 4.74 Å². The second-order valence-electron chi connectivity index (χ2n) is 14.1. The van der Waals surface area contributed by atoms with Crippen LogP contribution in [0.15, 0.2) is 35.6 Å². The van der Waals surface area contributed by atoms with Gasteiger partial charge in [-0.05, 0) is 70.5 Å². The molecule has 0 spiro atoms. The number of pyridine rings is 2. The van der Waals surface area contributed by atoms with E-state index < -0.39 is 47.8 Å². The van der Waals surface area contributed by atoms with Gasteiger partial charge in [-0.15, -0.1) is 0 Å². The summed E-state index contributed by atoms with van der Waals surface area (Å²) in [5.41, 5.74) is -0.910. The van der Waals surface area contributed by atoms with E-state index in [0.717, 1.165) is 17.8 Å². The highest BCUT2D eigenvalue weighted by atomic mass is 32.2. The number of nitrogens with zero attached hydrogens (tertiary/aromatic N) is 5. The number of aromatic nitrogens is 2. The number of ether oxygens (including phenoxy) is 4. The van der Waals surface area contributed by atoms with Gasteiger partial charge in [-0.1, -0.05) is 38.3 Å². The number of esters is 1. The molecule has 1 aliphatic rings. The molecule has 2 aromatic rings. The molecule has 1 amide bonds. The van der Waals surface area contributed by atoms with Crippen molar-refractivity contribution >= 4 is 49.0 Å². The number of rotatable bonds is 10. The third kappa shape index (κ3) is 9.21. The van der Waals surface area contributed by atoms with Gasteiger partial charge in [-0.3, -0.25) is 14.8 Å². The molecule has 1 aliphatic heterocycles. The third-order valence-corrected chi connectivity index (χ3v) is 11.1. The zero-order chi connectivity index (χ0) is 36.1. The number of aliphatic imine (C=N–C) groups is 1. The maximum Gasteiger partial charge on any atom is 0.418 e. The van der Waals surface area contributed by atoms with Crippen LogP contribution in [0.3, 0.4) is 0 Å². The van der Waals surface area contributed by atoms with Crippen molar-refractivity contribution in [2.24, 2.45) is 10.9 Å². The molecule has 2 aromatic heterocycles. The minimum absolute atomic E-state index is 0.0423. The molecule has 3 heterocycles. The van der Waals surface area contributed by atoms with Crippen molar-refractivity contribution in [1.29, 1.82) is 5.26 Å². The molecular weight excluding hydrogens is 654 g/mol. The van der Waals surface area contributed by atoms with E-state index in [2.05, 4.69) is 29.6 Å². The summed E-state index contributed by atoms with van der Waals surface area (Å²) in [4.78, 5) is 42.1. The van der Waals surface area contributed by atoms with Gasteiger partial charge < -0.3 is 18.9 Å². The number of nitriles is 1. The van der Waals surface area contributed by atoms with Crippen molar-refractivity contribution in [2.75, 3.05) is 27.6 Å². The molecule has 0 aromatic carbocycles. The van der Waals surface area contributed by atoms with E-state index >= 15 is 4.39 Å². The van der Waals surface area contributed by atoms with Crippen molar-refractivity contribution in [3.63, 3.8) is 0 Å². The molecule has 0 N–H and O–H groups in total. The molecule has 14 heteroatoms. The lowest BCUT2D eigenvalue weighted by molar-refractivity contribution is -0.145. The fraction of sp³-hybridized carbons (Fsp3) is 0.529. The van der Waals surface area contributed by atoms with Crippen LogP contribution in [0.1, 0.15) is 63.9 Å². The number of halogens is 1. The van der Waals surface area contributed by atoms with Crippen molar-refractivity contribution in [3.05, 3.63) is 53.0 Å². The molecule has 3 rings (SSSR count). The van der Waals surface area contributed by atoms with Gasteiger partial charge in [0.25, 0.3) is 0 Å². The molecule has 0 fully saturated rings. The lowest BCUT2D eigenvalue weighted by Crippen LogP contribution is -2.55. The van der Waals surface area contributed by atoms with Crippen LogP contribution in [0, 0.1) is 17.2 Å². The number of thioether (sulfide) groups is 1. The van der Waals surface area contributed by atoms with E-state index in [4.69, 9.17) is 29.2 Å². The number of hydrogen-bond donors (Lipinski definition) is 0. The molecule has 0 bridgehead atoms. The van der Waals surface area contributed by atoms with Crippen LogP contribution in [0.25, 0.3) is 11.9 Å². The first kappa shape index (κ1) is 38.6. The maximum absolute atomic E-state index is 15.4. The van der Waals surface area contributed by atoms with Gasteiger partial charge in [0.1, 0.15) is 29.0 Å². The molecule has 260 valence electrons. The highest BCUT2D eigenvalue weighted by Crippen LogP contribution is 2.53. The Morgan fingerprint density at radius 3 is 2.40 bits per heavy atom. The highest BCUT2D eigenvalue weighted by molar-refractivity contribution is 8.15. The number of carbonyl (C=O) groups is 2. The SMILES string of the molecule is COC(=O)[C@@]1(C)SC(N(COCC[Si](C)(C)C)C(=O)OC(C)(C)C)=N[C@](C)(c2cc(/C=C(\F)c3ccc(C#N)cn3)cnc2OC)[C@@H]1C. The molecular formula is C34H46FN5O6SSi. The first-order chi connectivity index (χ1) is 22.3. The largest absolute Gasteiger partial charge is 0.481 e. The maximum atomic E-state index is 15.4. The van der Waals surface area contributed by atoms with E-state index in [9.17, 15) is 9.59 Å². The molecule has 11 nitrogen and oxygen atoms in total. The summed E-state index contributed by atoms with van der Waals surface area (Å²) in [5.74, 6) is -1.52. The Morgan fingerprint density at radius 2 is 1.85 bits per heavy atom. The summed E-state index contributed by atoms with van der Waals surface area (Å²) in [6.07, 6.45) is 3.31. The predicted molar refractivity (Wildman–Crippen MR) is 188 cm³/mol. The number of amidine groups is 1. The van der Waals surface area contributed by atoms with Crippen LogP contribution in [0.2, 0.25) is 25.7 Å². The summed E-state index contributed by atoms with van der Waals surface area (Å²) < 4.78 is 36.9. The van der Waals surface area contributed by atoms with Gasteiger partial charge in [-0.2, -0.15) is 5.26 Å². The third-order valence-electron chi connectivity index (χ3n) is 7.99. The summed E-state index contributed by atoms with van der Waals surface area (Å²) >= 11 is 1.09. The summed E-state index contributed by atoms with van der Waals surface area (Å²) in [7, 11) is 1.33. The monoisotopic (exact) mass is 699 g/mol. The summed E-state index contributed by atoms with van der Waals surface area (Å²) in [5, 5.41) is 9.24. The lowest BCUT2D eigenvalue weighted by Gasteiger charge is -2.47. The van der Waals surface area contributed by atoms with Crippen molar-refractivity contribution in [3.8, 4) is 11.9 Å². The molecule has 0 saturated heterocycles. The summed E-state index contributed by atoms with van der Waals surface area (Å²) in [6.45, 7) is 17.7. The Kier molecular flexibility index (Phi) is 12.2. The zero-order valence-electron chi connectivity index (χ0n) is 29.6. The highest BCUT2D eigenvalue weighted by Gasteiger charge is 2.56. The van der Waals surface area contributed by atoms with E-state index in [-0.39, 0.29) is 23.5 Å². The fourth-order valence-electron chi connectivity index (χ4n) is 4.89. The van der Waals surface area contributed by atoms with Gasteiger partial charge in [0, 0.05) is 38.6 Å². The Morgan fingerprint density at radius 1 is 1.17 bits per heavy atom. The quantitative estimate of drug-likeness (QED) is 0.108. The predicted octanol–water partition coefficient (Wildman–Crippen LogP) is 7.26. The molecule has 0 aliphatic carbocycles. The number of carbonyl (C=O) groups excluding carboxylic acids is 2. The van der Waals surface area contributed by atoms with Crippen LogP contribution in [-0.2, 0) is 24.5 Å². The van der Waals surface area contributed by atoms with Gasteiger partial charge in [0.2, 0.25) is 5.88 Å². The zero-order valence-corrected chi connectivity index (χ0v) is 31.5. The van der Waals surface area contributed by atoms with Crippen molar-refractivity contribution < 1.29 is 32.9 Å². The molecule has 3 atom stereocenters. The number of methoxy groups -OCH3 is 2. The van der Waals surface area contributed by atoms with Crippen LogP contribution >= 0.6 is 11.8 Å². The second kappa shape index (κ2) is 15.2. The van der Waals surface area contributed by atoms with Crippen molar-refractivity contribution in [1.82, 2.24) is 14.9 Å². The fourth-order valence-corrected chi connectivity index (χ4v) is 7.08. The molecule has 48 heavy (non-hydrogen) atoms. The topological polar surface area (TPSA) is 136 Å². The minimum atomic E-state index is -1.43. The number of amides is 1. The lowest BCUT2D eigenvalue weighted by atomic mass is 9.74. The average molecular weight is 700 g/mol. The molecule has 0 unspecified atom stereocenters. The van der Waals surface area contributed by atoms with Gasteiger partial charge in [0.15, 0.2) is 5.17 Å². The van der Waals surface area contributed by atoms with Gasteiger partial charge in [0.05, 0.1) is 31.0 Å². The van der Waals surface area contributed by atoms with Gasteiger partial charge >= 0.3 is 12.1 Å². The average Bonchev–Trinajstić information content (AvgIpc) is 3.01. The van der Waals surface area contributed by atoms with E-state index in [0.29, 0.717) is 23.3 Å². The second-order valence-corrected chi connectivity index (χ2v) is 21.1. The first-order valence-electron chi connectivity index (χ1n) is 15.5. The first-order valence-corrected chi connectivity index (χ1v) is 20.0. The minimum Gasteiger partial charge on any atom is -0.481 e. The smallest absolute Gasteiger partial charge is 0.418 e. The van der Waals surface area contributed by atoms with E-state index in [1.165, 1.54) is 49.7 Å². The number of hydrogen-bond acceptors (Lipinski definition) is 11. The van der Waals surface area contributed by atoms with Crippen LogP contribution in [0.4, 0.5) is 9.18 Å². The molecule has 0 radical (unpaired) electrons. The van der Waals surface area contributed by atoms with Crippen LogP contribution in [-0.4, -0.2) is 78.1 Å². The van der Waals surface area contributed by atoms with Gasteiger partial charge in [-0.25, -0.2) is 19.1 Å². The van der Waals surface area contributed by atoms with E-state index in [1.807, 2.05) is 19.9 Å². The van der Waals surface area contributed by atoms with Crippen LogP contribution in [0.5, 0.6) is 5.88 Å². The summed E-state index contributed by atoms with van der Waals surface area (Å²) in [6, 6.07) is 7.41.